The first kappa shape index (κ1) is 15.9. The number of carbonyl (C=O) groups excluding carboxylic acids is 1. The van der Waals surface area contributed by atoms with E-state index in [1.807, 2.05) is 35.2 Å². The highest BCUT2D eigenvalue weighted by atomic mass is 16.6. The van der Waals surface area contributed by atoms with Crippen molar-refractivity contribution in [2.45, 2.75) is 58.7 Å². The third kappa shape index (κ3) is 3.34. The summed E-state index contributed by atoms with van der Waals surface area (Å²) in [4.78, 5) is 14.5. The first-order valence-corrected chi connectivity index (χ1v) is 8.40. The van der Waals surface area contributed by atoms with Gasteiger partial charge in [0.1, 0.15) is 6.61 Å². The summed E-state index contributed by atoms with van der Waals surface area (Å²) in [6.45, 7) is 6.83. The summed E-state index contributed by atoms with van der Waals surface area (Å²) in [6, 6.07) is 10.3. The minimum absolute atomic E-state index is 0.175. The average Bonchev–Trinajstić information content (AvgIpc) is 2.82. The smallest absolute Gasteiger partial charge is 0.410 e. The first-order valence-electron chi connectivity index (χ1n) is 8.40. The first-order chi connectivity index (χ1) is 11.1. The maximum Gasteiger partial charge on any atom is 0.410 e. The molecule has 3 rings (SSSR count). The molecular formula is C20H25NO2. The van der Waals surface area contributed by atoms with Crippen molar-refractivity contribution in [3.8, 4) is 0 Å². The second kappa shape index (κ2) is 6.61. The van der Waals surface area contributed by atoms with Crippen LogP contribution in [0.4, 0.5) is 4.79 Å². The van der Waals surface area contributed by atoms with Gasteiger partial charge >= 0.3 is 6.09 Å². The Kier molecular flexibility index (Phi) is 4.56. The van der Waals surface area contributed by atoms with Crippen LogP contribution < -0.4 is 0 Å². The van der Waals surface area contributed by atoms with E-state index >= 15 is 0 Å². The van der Waals surface area contributed by atoms with E-state index in [1.165, 1.54) is 16.7 Å². The third-order valence-electron chi connectivity index (χ3n) is 5.04. The van der Waals surface area contributed by atoms with Crippen molar-refractivity contribution in [1.29, 1.82) is 0 Å². The molecule has 2 atom stereocenters. The molecule has 1 saturated heterocycles. The van der Waals surface area contributed by atoms with Gasteiger partial charge in [-0.15, -0.1) is 0 Å². The fraction of sp³-hybridized carbons (Fsp3) is 0.450. The summed E-state index contributed by atoms with van der Waals surface area (Å²) in [6.07, 6.45) is 5.17. The van der Waals surface area contributed by atoms with Gasteiger partial charge in [-0.2, -0.15) is 0 Å². The number of allylic oxidation sites excluding steroid dienone is 2. The van der Waals surface area contributed by atoms with Crippen LogP contribution in [0.3, 0.4) is 0 Å². The molecule has 0 aliphatic carbocycles. The highest BCUT2D eigenvalue weighted by Gasteiger charge is 2.40. The molecule has 23 heavy (non-hydrogen) atoms. The Bertz CT molecular complexity index is 641. The van der Waals surface area contributed by atoms with E-state index in [9.17, 15) is 4.79 Å². The monoisotopic (exact) mass is 311 g/mol. The zero-order chi connectivity index (χ0) is 16.4. The summed E-state index contributed by atoms with van der Waals surface area (Å²) in [5, 5.41) is 0. The number of hydrogen-bond donors (Lipinski definition) is 0. The van der Waals surface area contributed by atoms with E-state index < -0.39 is 0 Å². The van der Waals surface area contributed by atoms with E-state index in [1.54, 1.807) is 0 Å². The van der Waals surface area contributed by atoms with E-state index in [2.05, 4.69) is 26.8 Å². The van der Waals surface area contributed by atoms with Gasteiger partial charge in [-0.25, -0.2) is 4.79 Å². The van der Waals surface area contributed by atoms with Crippen molar-refractivity contribution in [1.82, 2.24) is 4.90 Å². The number of nitrogens with zero attached hydrogens (tertiary/aromatic N) is 1. The Balaban J connectivity index is 1.68. The van der Waals surface area contributed by atoms with Crippen molar-refractivity contribution in [2.24, 2.45) is 0 Å². The maximum absolute atomic E-state index is 12.5. The number of amides is 1. The van der Waals surface area contributed by atoms with Crippen LogP contribution in [0, 0.1) is 0 Å². The molecule has 0 saturated carbocycles. The highest BCUT2D eigenvalue weighted by Crippen LogP contribution is 2.38. The number of fused-ring (bicyclic) bond motifs is 2. The minimum atomic E-state index is -0.175. The van der Waals surface area contributed by atoms with Gasteiger partial charge in [-0.05, 0) is 56.7 Å². The predicted molar refractivity (Wildman–Crippen MR) is 92.0 cm³/mol. The lowest BCUT2D eigenvalue weighted by Gasteiger charge is -2.33. The number of rotatable bonds is 3. The lowest BCUT2D eigenvalue weighted by molar-refractivity contribution is 0.0818. The summed E-state index contributed by atoms with van der Waals surface area (Å²) in [7, 11) is 0. The van der Waals surface area contributed by atoms with Crippen LogP contribution in [0.5, 0.6) is 0 Å². The van der Waals surface area contributed by atoms with Gasteiger partial charge in [-0.1, -0.05) is 42.0 Å². The average molecular weight is 311 g/mol. The largest absolute Gasteiger partial charge is 0.445 e. The topological polar surface area (TPSA) is 29.5 Å². The van der Waals surface area contributed by atoms with Gasteiger partial charge in [0.05, 0.1) is 6.04 Å². The molecule has 0 N–H and O–H groups in total. The van der Waals surface area contributed by atoms with Gasteiger partial charge in [-0.3, -0.25) is 4.90 Å². The molecule has 2 unspecified atom stereocenters. The molecule has 1 amide bonds. The summed E-state index contributed by atoms with van der Waals surface area (Å²) < 4.78 is 5.54. The number of benzene rings is 1. The fourth-order valence-electron chi connectivity index (χ4n) is 3.51. The summed E-state index contributed by atoms with van der Waals surface area (Å²) >= 11 is 0. The molecule has 0 spiro atoms. The fourth-order valence-corrected chi connectivity index (χ4v) is 3.51. The minimum Gasteiger partial charge on any atom is -0.445 e. The van der Waals surface area contributed by atoms with E-state index in [-0.39, 0.29) is 18.2 Å². The molecule has 0 radical (unpaired) electrons. The molecule has 2 heterocycles. The van der Waals surface area contributed by atoms with Crippen LogP contribution in [0.25, 0.3) is 0 Å². The van der Waals surface area contributed by atoms with Gasteiger partial charge in [0, 0.05) is 6.04 Å². The molecule has 122 valence electrons. The maximum atomic E-state index is 12.5. The second-order valence-electron chi connectivity index (χ2n) is 6.77. The Morgan fingerprint density at radius 3 is 2.57 bits per heavy atom. The molecule has 2 aliphatic heterocycles. The van der Waals surface area contributed by atoms with Crippen molar-refractivity contribution < 1.29 is 9.53 Å². The molecule has 2 aliphatic rings. The number of carbonyl (C=O) groups is 1. The van der Waals surface area contributed by atoms with Gasteiger partial charge in [0.15, 0.2) is 0 Å². The Morgan fingerprint density at radius 2 is 1.91 bits per heavy atom. The summed E-state index contributed by atoms with van der Waals surface area (Å²) in [5.74, 6) is 0. The van der Waals surface area contributed by atoms with Gasteiger partial charge in [0.25, 0.3) is 0 Å². The Labute approximate surface area is 138 Å². The molecule has 1 aromatic rings. The predicted octanol–water partition coefficient (Wildman–Crippen LogP) is 4.84. The van der Waals surface area contributed by atoms with Crippen LogP contribution in [-0.4, -0.2) is 23.1 Å². The normalized spacial score (nSPS) is 22.6. The van der Waals surface area contributed by atoms with E-state index in [4.69, 9.17) is 4.74 Å². The van der Waals surface area contributed by atoms with Crippen LogP contribution in [0.2, 0.25) is 0 Å². The molecule has 2 bridgehead atoms. The van der Waals surface area contributed by atoms with E-state index in [0.29, 0.717) is 6.61 Å². The van der Waals surface area contributed by atoms with Crippen LogP contribution in [-0.2, 0) is 11.3 Å². The second-order valence-corrected chi connectivity index (χ2v) is 6.77. The van der Waals surface area contributed by atoms with Crippen LogP contribution in [0.15, 0.2) is 53.1 Å². The van der Waals surface area contributed by atoms with Crippen molar-refractivity contribution in [2.75, 3.05) is 0 Å². The lowest BCUT2D eigenvalue weighted by Crippen LogP contribution is -2.43. The Morgan fingerprint density at radius 1 is 1.17 bits per heavy atom. The summed E-state index contributed by atoms with van der Waals surface area (Å²) in [5.41, 5.74) is 5.17. The third-order valence-corrected chi connectivity index (χ3v) is 5.04. The van der Waals surface area contributed by atoms with Crippen molar-refractivity contribution in [3.63, 3.8) is 0 Å². The molecule has 1 fully saturated rings. The van der Waals surface area contributed by atoms with Gasteiger partial charge in [0.2, 0.25) is 0 Å². The molecule has 0 aromatic heterocycles. The van der Waals surface area contributed by atoms with Crippen molar-refractivity contribution >= 4 is 6.09 Å². The Hall–Kier alpha value is -2.03. The molecular weight excluding hydrogens is 286 g/mol. The van der Waals surface area contributed by atoms with Gasteiger partial charge < -0.3 is 4.74 Å². The zero-order valence-electron chi connectivity index (χ0n) is 14.2. The van der Waals surface area contributed by atoms with Crippen LogP contribution >= 0.6 is 0 Å². The highest BCUT2D eigenvalue weighted by molar-refractivity contribution is 5.70. The lowest BCUT2D eigenvalue weighted by atomic mass is 9.93. The quantitative estimate of drug-likeness (QED) is 0.799. The van der Waals surface area contributed by atoms with Crippen LogP contribution in [0.1, 0.15) is 45.6 Å². The van der Waals surface area contributed by atoms with E-state index in [0.717, 1.165) is 24.8 Å². The molecule has 1 aromatic carbocycles. The van der Waals surface area contributed by atoms with Crippen molar-refractivity contribution in [3.05, 3.63) is 58.7 Å². The molecule has 3 heteroatoms. The molecule has 3 nitrogen and oxygen atoms in total. The number of hydrogen-bond acceptors (Lipinski definition) is 2. The zero-order valence-corrected chi connectivity index (χ0v) is 14.2. The number of ether oxygens (including phenoxy) is 1. The SMILES string of the molecule is CC(C)=C(C)C1=CC2CCC(C1)N2C(=O)OCc1ccccc1. The standard InChI is InChI=1S/C20H25NO2/c1-14(2)15(3)17-11-18-9-10-19(12-17)21(18)20(22)23-13-16-7-5-4-6-8-16/h4-8,11,18-19H,9-10,12-13H2,1-3H3.